The molecule has 1 aliphatic rings. The Morgan fingerprint density at radius 2 is 1.53 bits per heavy atom. The Hall–Kier alpha value is -2.40. The summed E-state index contributed by atoms with van der Waals surface area (Å²) in [7, 11) is 1.66. The molecule has 3 nitrogen and oxygen atoms in total. The molecule has 0 bridgehead atoms. The van der Waals surface area contributed by atoms with E-state index in [1.807, 2.05) is 24.3 Å². The molecule has 154 valence electrons. The van der Waals surface area contributed by atoms with E-state index in [0.29, 0.717) is 0 Å². The van der Waals surface area contributed by atoms with Gasteiger partial charge in [-0.1, -0.05) is 82.7 Å². The number of fused-ring (bicyclic) bond motifs is 1. The van der Waals surface area contributed by atoms with E-state index >= 15 is 0 Å². The van der Waals surface area contributed by atoms with Crippen molar-refractivity contribution in [3.63, 3.8) is 0 Å². The lowest BCUT2D eigenvalue weighted by molar-refractivity contribution is 0.0711. The summed E-state index contributed by atoms with van der Waals surface area (Å²) in [6, 6.07) is 27.1. The van der Waals surface area contributed by atoms with Crippen LogP contribution >= 0.6 is 15.9 Å². The first-order chi connectivity index (χ1) is 14.6. The Labute approximate surface area is 187 Å². The Kier molecular flexibility index (Phi) is 6.38. The monoisotopic (exact) mass is 462 g/mol. The van der Waals surface area contributed by atoms with Crippen molar-refractivity contribution >= 4 is 32.8 Å². The number of nitrogens with one attached hydrogen (secondary N) is 1. The fraction of sp³-hybridized carbons (Fsp3) is 0.231. The number of nitrogens with two attached hydrogens (primary N) is 1. The quantitative estimate of drug-likeness (QED) is 0.312. The Balaban J connectivity index is 1.72. The van der Waals surface area contributed by atoms with Gasteiger partial charge in [0.15, 0.2) is 0 Å². The van der Waals surface area contributed by atoms with Crippen LogP contribution in [0.15, 0.2) is 83.3 Å². The molecule has 0 saturated heterocycles. The molecule has 1 heterocycles. The molecule has 3 aromatic rings. The number of aryl methyl sites for hydroxylation is 1. The third kappa shape index (κ3) is 4.22. The van der Waals surface area contributed by atoms with Crippen molar-refractivity contribution in [2.75, 3.05) is 12.4 Å². The first-order valence-corrected chi connectivity index (χ1v) is 11.2. The van der Waals surface area contributed by atoms with Crippen molar-refractivity contribution in [1.29, 1.82) is 0 Å². The standard InChI is InChI=1S/C26H27BrN2O/c1-30-26(28)25(20-14-6-3-7-15-20)21(24-22(27)17-10-18-23(24)29-26)16-9-8-13-19-11-4-2-5-12-19/h2-7,10-12,14-15,17-18,29H,8-9,13,16,28H2,1H3. The van der Waals surface area contributed by atoms with Gasteiger partial charge in [0.25, 0.3) is 0 Å². The topological polar surface area (TPSA) is 47.3 Å². The Bertz CT molecular complexity index is 1030. The predicted molar refractivity (Wildman–Crippen MR) is 129 cm³/mol. The van der Waals surface area contributed by atoms with E-state index in [9.17, 15) is 0 Å². The molecule has 0 saturated carbocycles. The van der Waals surface area contributed by atoms with Crippen molar-refractivity contribution < 1.29 is 4.74 Å². The van der Waals surface area contributed by atoms with Crippen LogP contribution in [0.5, 0.6) is 0 Å². The number of allylic oxidation sites excluding steroid dienone is 1. The molecule has 1 unspecified atom stereocenters. The van der Waals surface area contributed by atoms with Gasteiger partial charge >= 0.3 is 0 Å². The normalized spacial score (nSPS) is 18.1. The average molecular weight is 463 g/mol. The number of ether oxygens (including phenoxy) is 1. The summed E-state index contributed by atoms with van der Waals surface area (Å²) >= 11 is 3.77. The lowest BCUT2D eigenvalue weighted by Crippen LogP contribution is -2.52. The van der Waals surface area contributed by atoms with E-state index < -0.39 is 5.85 Å². The van der Waals surface area contributed by atoms with E-state index in [2.05, 4.69) is 75.8 Å². The van der Waals surface area contributed by atoms with Crippen LogP contribution in [0.25, 0.3) is 11.1 Å². The smallest absolute Gasteiger partial charge is 0.221 e. The zero-order valence-electron chi connectivity index (χ0n) is 17.2. The first-order valence-electron chi connectivity index (χ1n) is 10.4. The molecule has 0 fully saturated rings. The van der Waals surface area contributed by atoms with Gasteiger partial charge in [-0.25, -0.2) is 0 Å². The number of anilines is 1. The number of rotatable bonds is 7. The minimum absolute atomic E-state index is 0.927. The maximum atomic E-state index is 6.78. The molecule has 3 aromatic carbocycles. The molecule has 0 aromatic heterocycles. The van der Waals surface area contributed by atoms with Crippen LogP contribution in [0.2, 0.25) is 0 Å². The molecule has 1 aliphatic heterocycles. The van der Waals surface area contributed by atoms with Crippen molar-refractivity contribution in [1.82, 2.24) is 0 Å². The first kappa shape index (κ1) is 20.9. The molecule has 1 atom stereocenters. The highest BCUT2D eigenvalue weighted by molar-refractivity contribution is 9.10. The molecular weight excluding hydrogens is 436 g/mol. The van der Waals surface area contributed by atoms with E-state index in [4.69, 9.17) is 10.5 Å². The summed E-state index contributed by atoms with van der Waals surface area (Å²) in [5.74, 6) is -1.08. The number of halogens is 1. The Morgan fingerprint density at radius 1 is 0.867 bits per heavy atom. The van der Waals surface area contributed by atoms with Crippen LogP contribution < -0.4 is 11.1 Å². The molecule has 0 amide bonds. The summed E-state index contributed by atoms with van der Waals surface area (Å²) in [6.45, 7) is 0. The fourth-order valence-electron chi connectivity index (χ4n) is 4.22. The zero-order valence-corrected chi connectivity index (χ0v) is 18.8. The highest BCUT2D eigenvalue weighted by Crippen LogP contribution is 2.46. The molecular formula is C26H27BrN2O. The van der Waals surface area contributed by atoms with Crippen LogP contribution in [0.4, 0.5) is 5.69 Å². The van der Waals surface area contributed by atoms with E-state index in [1.165, 1.54) is 16.7 Å². The van der Waals surface area contributed by atoms with Gasteiger partial charge in [-0.2, -0.15) is 0 Å². The number of benzene rings is 3. The number of hydrogen-bond donors (Lipinski definition) is 2. The third-order valence-electron chi connectivity index (χ3n) is 5.68. The van der Waals surface area contributed by atoms with Gasteiger partial charge in [-0.05, 0) is 54.5 Å². The summed E-state index contributed by atoms with van der Waals surface area (Å²) in [4.78, 5) is 0. The molecule has 4 heteroatoms. The van der Waals surface area contributed by atoms with Crippen molar-refractivity contribution in [3.8, 4) is 0 Å². The highest BCUT2D eigenvalue weighted by atomic mass is 79.9. The van der Waals surface area contributed by atoms with Gasteiger partial charge in [0.05, 0.1) is 0 Å². The molecule has 3 N–H and O–H groups in total. The van der Waals surface area contributed by atoms with Crippen molar-refractivity contribution in [2.45, 2.75) is 31.5 Å². The van der Waals surface area contributed by atoms with E-state index in [-0.39, 0.29) is 0 Å². The summed E-state index contributed by atoms with van der Waals surface area (Å²) in [6.07, 6.45) is 4.19. The minimum Gasteiger partial charge on any atom is -0.342 e. The molecule has 4 rings (SSSR count). The average Bonchev–Trinajstić information content (AvgIpc) is 2.77. The van der Waals surface area contributed by atoms with Crippen LogP contribution in [0.3, 0.4) is 0 Å². The van der Waals surface area contributed by atoms with Crippen LogP contribution in [0.1, 0.15) is 36.0 Å². The van der Waals surface area contributed by atoms with Gasteiger partial charge in [-0.3, -0.25) is 5.73 Å². The van der Waals surface area contributed by atoms with Crippen LogP contribution in [0, 0.1) is 0 Å². The second-order valence-electron chi connectivity index (χ2n) is 7.64. The van der Waals surface area contributed by atoms with Crippen LogP contribution in [-0.2, 0) is 11.2 Å². The van der Waals surface area contributed by atoms with Crippen LogP contribution in [-0.4, -0.2) is 13.0 Å². The highest BCUT2D eigenvalue weighted by Gasteiger charge is 2.38. The maximum Gasteiger partial charge on any atom is 0.221 e. The second kappa shape index (κ2) is 9.17. The van der Waals surface area contributed by atoms with Crippen molar-refractivity contribution in [2.24, 2.45) is 5.73 Å². The zero-order chi connectivity index (χ0) is 21.0. The summed E-state index contributed by atoms with van der Waals surface area (Å²) in [5, 5.41) is 3.43. The molecule has 0 aliphatic carbocycles. The second-order valence-corrected chi connectivity index (χ2v) is 8.49. The van der Waals surface area contributed by atoms with Crippen molar-refractivity contribution in [3.05, 3.63) is 100 Å². The van der Waals surface area contributed by atoms with Gasteiger partial charge in [0.1, 0.15) is 0 Å². The fourth-order valence-corrected chi connectivity index (χ4v) is 4.82. The van der Waals surface area contributed by atoms with Gasteiger partial charge in [-0.15, -0.1) is 0 Å². The number of hydrogen-bond acceptors (Lipinski definition) is 3. The maximum absolute atomic E-state index is 6.78. The molecule has 0 spiro atoms. The minimum atomic E-state index is -1.08. The molecule has 0 radical (unpaired) electrons. The summed E-state index contributed by atoms with van der Waals surface area (Å²) in [5.41, 5.74) is 13.6. The molecule has 30 heavy (non-hydrogen) atoms. The van der Waals surface area contributed by atoms with Gasteiger partial charge < -0.3 is 10.1 Å². The lowest BCUT2D eigenvalue weighted by Gasteiger charge is -2.40. The predicted octanol–water partition coefficient (Wildman–Crippen LogP) is 6.46. The number of methoxy groups -OCH3 is 1. The number of unbranched alkanes of at least 4 members (excludes halogenated alkanes) is 1. The largest absolute Gasteiger partial charge is 0.342 e. The lowest BCUT2D eigenvalue weighted by atomic mass is 9.84. The summed E-state index contributed by atoms with van der Waals surface area (Å²) < 4.78 is 6.91. The van der Waals surface area contributed by atoms with Gasteiger partial charge in [0.2, 0.25) is 5.85 Å². The van der Waals surface area contributed by atoms with Gasteiger partial charge in [0, 0.05) is 28.4 Å². The SMILES string of the molecule is COC1(N)Nc2cccc(Br)c2C(CCCCc2ccccc2)=C1c1ccccc1. The van der Waals surface area contributed by atoms with E-state index in [0.717, 1.165) is 47.0 Å². The third-order valence-corrected chi connectivity index (χ3v) is 6.34. The Morgan fingerprint density at radius 3 is 2.23 bits per heavy atom. The van der Waals surface area contributed by atoms with E-state index in [1.54, 1.807) is 7.11 Å².